The molecule has 154 valence electrons. The predicted molar refractivity (Wildman–Crippen MR) is 114 cm³/mol. The van der Waals surface area contributed by atoms with Crippen molar-refractivity contribution in [3.05, 3.63) is 35.9 Å². The van der Waals surface area contributed by atoms with Crippen molar-refractivity contribution in [1.29, 1.82) is 0 Å². The molecule has 3 rings (SSSR count). The molecule has 0 bridgehead atoms. The number of rotatable bonds is 7. The fourth-order valence-corrected chi connectivity index (χ4v) is 4.28. The molecular weight excluding hydrogens is 350 g/mol. The molecule has 1 saturated heterocycles. The summed E-state index contributed by atoms with van der Waals surface area (Å²) in [4.78, 5) is 19.0. The molecule has 1 aromatic carbocycles. The first-order chi connectivity index (χ1) is 13.7. The van der Waals surface area contributed by atoms with Gasteiger partial charge in [0, 0.05) is 32.2 Å². The monoisotopic (exact) mass is 385 g/mol. The number of benzene rings is 1. The fourth-order valence-electron chi connectivity index (χ4n) is 4.28. The zero-order valence-electron chi connectivity index (χ0n) is 17.1. The summed E-state index contributed by atoms with van der Waals surface area (Å²) in [6, 6.07) is 11.5. The van der Waals surface area contributed by atoms with Crippen LogP contribution >= 0.6 is 0 Å². The molecule has 1 aliphatic heterocycles. The van der Waals surface area contributed by atoms with Crippen LogP contribution in [0, 0.1) is 0 Å². The number of hydrogen-bond donors (Lipinski definition) is 3. The van der Waals surface area contributed by atoms with Crippen molar-refractivity contribution < 1.29 is 4.79 Å². The minimum absolute atomic E-state index is 0.0569. The molecule has 28 heavy (non-hydrogen) atoms. The molecule has 2 fully saturated rings. The number of aliphatic imine (C=N–C) groups is 1. The van der Waals surface area contributed by atoms with E-state index in [1.54, 1.807) is 7.05 Å². The second-order valence-corrected chi connectivity index (χ2v) is 7.96. The Labute approximate surface area is 169 Å². The first kappa shape index (κ1) is 20.6. The smallest absolute Gasteiger partial charge is 0.239 e. The van der Waals surface area contributed by atoms with Crippen LogP contribution in [-0.4, -0.2) is 55.5 Å². The lowest BCUT2D eigenvalue weighted by Gasteiger charge is -2.26. The Morgan fingerprint density at radius 3 is 2.61 bits per heavy atom. The van der Waals surface area contributed by atoms with Crippen molar-refractivity contribution in [1.82, 2.24) is 20.9 Å². The van der Waals surface area contributed by atoms with Crippen molar-refractivity contribution in [2.75, 3.05) is 26.7 Å². The van der Waals surface area contributed by atoms with E-state index in [9.17, 15) is 4.79 Å². The van der Waals surface area contributed by atoms with E-state index in [0.717, 1.165) is 32.5 Å². The van der Waals surface area contributed by atoms with Crippen LogP contribution in [0.3, 0.4) is 0 Å². The molecule has 1 heterocycles. The Bertz CT molecular complexity index is 627. The maximum Gasteiger partial charge on any atom is 0.239 e. The number of likely N-dealkylation sites (tertiary alicyclic amines) is 1. The third-order valence-corrected chi connectivity index (χ3v) is 5.84. The Morgan fingerprint density at radius 2 is 1.86 bits per heavy atom. The maximum atomic E-state index is 12.2. The van der Waals surface area contributed by atoms with Gasteiger partial charge in [-0.15, -0.1) is 0 Å². The summed E-state index contributed by atoms with van der Waals surface area (Å²) in [5.41, 5.74) is 1.36. The van der Waals surface area contributed by atoms with E-state index in [0.29, 0.717) is 18.0 Å². The third-order valence-electron chi connectivity index (χ3n) is 5.84. The quantitative estimate of drug-likeness (QED) is 0.497. The summed E-state index contributed by atoms with van der Waals surface area (Å²) >= 11 is 0. The SMILES string of the molecule is CN=C(NCC(=O)NC1CCCCC1)NCC1CCCN1Cc1ccccc1. The number of carbonyl (C=O) groups excluding carboxylic acids is 1. The van der Waals surface area contributed by atoms with Gasteiger partial charge in [-0.1, -0.05) is 49.6 Å². The molecule has 1 aliphatic carbocycles. The largest absolute Gasteiger partial charge is 0.355 e. The van der Waals surface area contributed by atoms with E-state index in [4.69, 9.17) is 0 Å². The Balaban J connectivity index is 1.38. The van der Waals surface area contributed by atoms with Crippen LogP contribution in [0.5, 0.6) is 0 Å². The molecule has 3 N–H and O–H groups in total. The minimum Gasteiger partial charge on any atom is -0.355 e. The molecule has 1 unspecified atom stereocenters. The normalized spacial score (nSPS) is 21.5. The van der Waals surface area contributed by atoms with Crippen molar-refractivity contribution in [3.8, 4) is 0 Å². The first-order valence-corrected chi connectivity index (χ1v) is 10.8. The maximum absolute atomic E-state index is 12.2. The molecule has 1 atom stereocenters. The van der Waals surface area contributed by atoms with E-state index in [1.807, 2.05) is 0 Å². The molecule has 1 saturated carbocycles. The van der Waals surface area contributed by atoms with Crippen LogP contribution in [-0.2, 0) is 11.3 Å². The topological polar surface area (TPSA) is 68.8 Å². The number of nitrogens with one attached hydrogen (secondary N) is 3. The van der Waals surface area contributed by atoms with Gasteiger partial charge in [-0.25, -0.2) is 0 Å². The van der Waals surface area contributed by atoms with E-state index in [-0.39, 0.29) is 12.5 Å². The highest BCUT2D eigenvalue weighted by Gasteiger charge is 2.24. The summed E-state index contributed by atoms with van der Waals surface area (Å²) in [7, 11) is 1.75. The lowest BCUT2D eigenvalue weighted by molar-refractivity contribution is -0.120. The second-order valence-electron chi connectivity index (χ2n) is 7.96. The third kappa shape index (κ3) is 6.51. The summed E-state index contributed by atoms with van der Waals surface area (Å²) in [6.45, 7) is 3.24. The van der Waals surface area contributed by atoms with Gasteiger partial charge in [0.25, 0.3) is 0 Å². The number of guanidine groups is 1. The highest BCUT2D eigenvalue weighted by Crippen LogP contribution is 2.19. The molecule has 1 amide bonds. The van der Waals surface area contributed by atoms with Crippen molar-refractivity contribution >= 4 is 11.9 Å². The number of amides is 1. The molecule has 2 aliphatic rings. The van der Waals surface area contributed by atoms with Crippen LogP contribution in [0.4, 0.5) is 0 Å². The minimum atomic E-state index is 0.0569. The molecule has 0 radical (unpaired) electrons. The van der Waals surface area contributed by atoms with Crippen LogP contribution in [0.15, 0.2) is 35.3 Å². The predicted octanol–water partition coefficient (Wildman–Crippen LogP) is 2.26. The molecule has 6 nitrogen and oxygen atoms in total. The summed E-state index contributed by atoms with van der Waals surface area (Å²) in [6.07, 6.45) is 8.39. The standard InChI is InChI=1S/C22H35N5O/c1-23-22(25-16-21(28)26-19-11-6-3-7-12-19)24-15-20-13-8-14-27(20)17-18-9-4-2-5-10-18/h2,4-5,9-10,19-20H,3,6-8,11-17H2,1H3,(H,26,28)(H2,23,24,25). The van der Waals surface area contributed by atoms with Crippen LogP contribution in [0.2, 0.25) is 0 Å². The summed E-state index contributed by atoms with van der Waals surface area (Å²) in [5, 5.41) is 9.70. The van der Waals surface area contributed by atoms with Crippen LogP contribution in [0.1, 0.15) is 50.5 Å². The Kier molecular flexibility index (Phi) is 8.15. The lowest BCUT2D eigenvalue weighted by atomic mass is 9.95. The average Bonchev–Trinajstić information content (AvgIpc) is 3.16. The van der Waals surface area contributed by atoms with Crippen molar-refractivity contribution in [3.63, 3.8) is 0 Å². The molecule has 0 spiro atoms. The average molecular weight is 386 g/mol. The van der Waals surface area contributed by atoms with Gasteiger partial charge in [-0.05, 0) is 37.8 Å². The number of carbonyl (C=O) groups is 1. The molecule has 1 aromatic rings. The van der Waals surface area contributed by atoms with Crippen molar-refractivity contribution in [2.45, 2.75) is 63.6 Å². The van der Waals surface area contributed by atoms with E-state index in [2.05, 4.69) is 56.2 Å². The van der Waals surface area contributed by atoms with Gasteiger partial charge in [-0.3, -0.25) is 14.7 Å². The molecular formula is C22H35N5O. The molecule has 6 heteroatoms. The van der Waals surface area contributed by atoms with Gasteiger partial charge in [0.1, 0.15) is 0 Å². The molecule has 0 aromatic heterocycles. The van der Waals surface area contributed by atoms with Gasteiger partial charge >= 0.3 is 0 Å². The van der Waals surface area contributed by atoms with Crippen LogP contribution < -0.4 is 16.0 Å². The zero-order chi connectivity index (χ0) is 19.6. The Morgan fingerprint density at radius 1 is 1.07 bits per heavy atom. The highest BCUT2D eigenvalue weighted by molar-refractivity contribution is 5.86. The van der Waals surface area contributed by atoms with Crippen molar-refractivity contribution in [2.24, 2.45) is 4.99 Å². The van der Waals surface area contributed by atoms with Gasteiger partial charge < -0.3 is 16.0 Å². The second kappa shape index (κ2) is 11.1. The summed E-state index contributed by atoms with van der Waals surface area (Å²) in [5.74, 6) is 0.756. The van der Waals surface area contributed by atoms with Gasteiger partial charge in [0.05, 0.1) is 6.54 Å². The van der Waals surface area contributed by atoms with Gasteiger partial charge in [0.2, 0.25) is 5.91 Å². The fraction of sp³-hybridized carbons (Fsp3) is 0.636. The highest BCUT2D eigenvalue weighted by atomic mass is 16.2. The zero-order valence-corrected chi connectivity index (χ0v) is 17.1. The van der Waals surface area contributed by atoms with E-state index < -0.39 is 0 Å². The first-order valence-electron chi connectivity index (χ1n) is 10.8. The van der Waals surface area contributed by atoms with Gasteiger partial charge in [0.15, 0.2) is 5.96 Å². The van der Waals surface area contributed by atoms with E-state index >= 15 is 0 Å². The number of nitrogens with zero attached hydrogens (tertiary/aromatic N) is 2. The van der Waals surface area contributed by atoms with Gasteiger partial charge in [-0.2, -0.15) is 0 Å². The van der Waals surface area contributed by atoms with Crippen LogP contribution in [0.25, 0.3) is 0 Å². The lowest BCUT2D eigenvalue weighted by Crippen LogP contribution is -2.48. The Hall–Kier alpha value is -2.08. The summed E-state index contributed by atoms with van der Waals surface area (Å²) < 4.78 is 0. The number of hydrogen-bond acceptors (Lipinski definition) is 3. The van der Waals surface area contributed by atoms with E-state index in [1.165, 1.54) is 37.7 Å².